The monoisotopic (exact) mass is 223 g/mol. The highest BCUT2D eigenvalue weighted by atomic mass is 16.3. The van der Waals surface area contributed by atoms with Gasteiger partial charge in [0, 0.05) is 28.7 Å². The summed E-state index contributed by atoms with van der Waals surface area (Å²) < 4.78 is 0. The summed E-state index contributed by atoms with van der Waals surface area (Å²) in [5, 5.41) is 19.0. The Labute approximate surface area is 97.6 Å². The molecule has 0 bridgehead atoms. The lowest BCUT2D eigenvalue weighted by atomic mass is 10.1. The zero-order valence-electron chi connectivity index (χ0n) is 8.91. The molecule has 4 nitrogen and oxygen atoms in total. The molecule has 1 aromatic carbocycles. The predicted molar refractivity (Wildman–Crippen MR) is 64.4 cm³/mol. The fourth-order valence-corrected chi connectivity index (χ4v) is 1.81. The molecule has 0 saturated heterocycles. The third-order valence-corrected chi connectivity index (χ3v) is 2.60. The van der Waals surface area contributed by atoms with Crippen molar-refractivity contribution in [3.63, 3.8) is 0 Å². The molecule has 0 aliphatic rings. The van der Waals surface area contributed by atoms with E-state index in [9.17, 15) is 5.11 Å². The third kappa shape index (κ3) is 1.59. The molecular weight excluding hydrogens is 214 g/mol. The van der Waals surface area contributed by atoms with E-state index in [4.69, 9.17) is 0 Å². The number of hydrogen-bond acceptors (Lipinski definition) is 4. The van der Waals surface area contributed by atoms with E-state index in [1.54, 1.807) is 12.4 Å². The van der Waals surface area contributed by atoms with Crippen molar-refractivity contribution < 1.29 is 5.11 Å². The lowest BCUT2D eigenvalue weighted by molar-refractivity contribution is 0.453. The number of pyridine rings is 1. The molecule has 3 aromatic rings. The predicted octanol–water partition coefficient (Wildman–Crippen LogP) is 2.40. The van der Waals surface area contributed by atoms with Crippen LogP contribution in [0.4, 0.5) is 0 Å². The second-order valence-corrected chi connectivity index (χ2v) is 3.66. The van der Waals surface area contributed by atoms with Crippen LogP contribution in [-0.2, 0) is 0 Å². The van der Waals surface area contributed by atoms with E-state index in [-0.39, 0.29) is 5.88 Å². The molecule has 2 heterocycles. The van der Waals surface area contributed by atoms with Gasteiger partial charge in [0.15, 0.2) is 0 Å². The van der Waals surface area contributed by atoms with Crippen LogP contribution in [0.5, 0.6) is 5.88 Å². The average Bonchev–Trinajstić information content (AvgIpc) is 2.41. The zero-order valence-corrected chi connectivity index (χ0v) is 8.91. The van der Waals surface area contributed by atoms with Crippen LogP contribution in [0.1, 0.15) is 0 Å². The number of aromatic hydroxyl groups is 1. The van der Waals surface area contributed by atoms with E-state index in [0.29, 0.717) is 5.39 Å². The molecule has 0 amide bonds. The Bertz CT molecular complexity index is 668. The number of fused-ring (bicyclic) bond motifs is 1. The molecule has 0 aliphatic carbocycles. The summed E-state index contributed by atoms with van der Waals surface area (Å²) in [6.07, 6.45) is 3.44. The first-order valence-corrected chi connectivity index (χ1v) is 5.21. The Hall–Kier alpha value is -2.49. The number of benzene rings is 1. The number of hydrogen-bond donors (Lipinski definition) is 1. The minimum Gasteiger partial charge on any atom is -0.492 e. The zero-order chi connectivity index (χ0) is 11.7. The van der Waals surface area contributed by atoms with Gasteiger partial charge in [-0.2, -0.15) is 0 Å². The van der Waals surface area contributed by atoms with Gasteiger partial charge in [-0.3, -0.25) is 4.98 Å². The first-order valence-electron chi connectivity index (χ1n) is 5.21. The average molecular weight is 223 g/mol. The topological polar surface area (TPSA) is 58.9 Å². The second kappa shape index (κ2) is 3.83. The summed E-state index contributed by atoms with van der Waals surface area (Å²) >= 11 is 0. The SMILES string of the molecule is Oc1nnc(-c2cccnc2)c2ccccc12. The summed E-state index contributed by atoms with van der Waals surface area (Å²) in [5.74, 6) is -0.0479. The summed E-state index contributed by atoms with van der Waals surface area (Å²) in [7, 11) is 0. The van der Waals surface area contributed by atoms with Gasteiger partial charge in [-0.25, -0.2) is 0 Å². The van der Waals surface area contributed by atoms with Gasteiger partial charge in [0.2, 0.25) is 5.88 Å². The van der Waals surface area contributed by atoms with Crippen molar-refractivity contribution in [1.29, 1.82) is 0 Å². The van der Waals surface area contributed by atoms with E-state index >= 15 is 0 Å². The number of rotatable bonds is 1. The van der Waals surface area contributed by atoms with Gasteiger partial charge in [0.25, 0.3) is 0 Å². The van der Waals surface area contributed by atoms with Crippen LogP contribution in [0.3, 0.4) is 0 Å². The van der Waals surface area contributed by atoms with Gasteiger partial charge in [-0.15, -0.1) is 10.2 Å². The Morgan fingerprint density at radius 1 is 0.882 bits per heavy atom. The quantitative estimate of drug-likeness (QED) is 0.688. The number of nitrogens with zero attached hydrogens (tertiary/aromatic N) is 3. The molecule has 2 aromatic heterocycles. The van der Waals surface area contributed by atoms with Gasteiger partial charge >= 0.3 is 0 Å². The van der Waals surface area contributed by atoms with E-state index in [1.807, 2.05) is 36.4 Å². The smallest absolute Gasteiger partial charge is 0.238 e. The molecule has 1 N–H and O–H groups in total. The van der Waals surface area contributed by atoms with Crippen molar-refractivity contribution in [1.82, 2.24) is 15.2 Å². The summed E-state index contributed by atoms with van der Waals surface area (Å²) in [5.41, 5.74) is 1.61. The molecule has 0 spiro atoms. The molecule has 0 atom stereocenters. The van der Waals surface area contributed by atoms with E-state index < -0.39 is 0 Å². The van der Waals surface area contributed by atoms with Crippen molar-refractivity contribution >= 4 is 10.8 Å². The van der Waals surface area contributed by atoms with Crippen LogP contribution in [-0.4, -0.2) is 20.3 Å². The molecule has 0 radical (unpaired) electrons. The van der Waals surface area contributed by atoms with Crippen LogP contribution >= 0.6 is 0 Å². The van der Waals surface area contributed by atoms with Gasteiger partial charge < -0.3 is 5.11 Å². The summed E-state index contributed by atoms with van der Waals surface area (Å²) in [6, 6.07) is 11.3. The maximum absolute atomic E-state index is 9.65. The normalized spacial score (nSPS) is 10.6. The van der Waals surface area contributed by atoms with Crippen LogP contribution in [0.25, 0.3) is 22.0 Å². The van der Waals surface area contributed by atoms with Gasteiger partial charge in [-0.05, 0) is 18.2 Å². The minimum atomic E-state index is -0.0479. The molecule has 82 valence electrons. The van der Waals surface area contributed by atoms with Crippen molar-refractivity contribution in [2.75, 3.05) is 0 Å². The van der Waals surface area contributed by atoms with Crippen molar-refractivity contribution in [2.45, 2.75) is 0 Å². The maximum Gasteiger partial charge on any atom is 0.238 e. The Kier molecular flexibility index (Phi) is 2.19. The highest BCUT2D eigenvalue weighted by molar-refractivity contribution is 5.96. The molecular formula is C13H9N3O. The van der Waals surface area contributed by atoms with Crippen molar-refractivity contribution in [3.8, 4) is 17.1 Å². The molecule has 0 fully saturated rings. The van der Waals surface area contributed by atoms with E-state index in [0.717, 1.165) is 16.6 Å². The largest absolute Gasteiger partial charge is 0.492 e. The second-order valence-electron chi connectivity index (χ2n) is 3.66. The fourth-order valence-electron chi connectivity index (χ4n) is 1.81. The Morgan fingerprint density at radius 2 is 1.71 bits per heavy atom. The first-order chi connectivity index (χ1) is 8.36. The Morgan fingerprint density at radius 3 is 2.47 bits per heavy atom. The standard InChI is InChI=1S/C13H9N3O/c17-13-11-6-2-1-5-10(11)12(15-16-13)9-4-3-7-14-8-9/h1-8H,(H,16,17). The Balaban J connectivity index is 2.35. The molecule has 0 unspecified atom stereocenters. The molecule has 0 aliphatic heterocycles. The lowest BCUT2D eigenvalue weighted by Gasteiger charge is -2.05. The summed E-state index contributed by atoms with van der Waals surface area (Å²) in [4.78, 5) is 4.06. The minimum absolute atomic E-state index is 0.0479. The number of aromatic nitrogens is 3. The highest BCUT2D eigenvalue weighted by Gasteiger charge is 2.09. The fraction of sp³-hybridized carbons (Fsp3) is 0. The van der Waals surface area contributed by atoms with Crippen LogP contribution in [0.2, 0.25) is 0 Å². The molecule has 4 heteroatoms. The van der Waals surface area contributed by atoms with Crippen molar-refractivity contribution in [2.24, 2.45) is 0 Å². The van der Waals surface area contributed by atoms with Gasteiger partial charge in [0.1, 0.15) is 5.69 Å². The maximum atomic E-state index is 9.65. The third-order valence-electron chi connectivity index (χ3n) is 2.60. The first kappa shape index (κ1) is 9.72. The molecule has 0 saturated carbocycles. The molecule has 17 heavy (non-hydrogen) atoms. The molecule has 3 rings (SSSR count). The highest BCUT2D eigenvalue weighted by Crippen LogP contribution is 2.29. The van der Waals surface area contributed by atoms with Gasteiger partial charge in [-0.1, -0.05) is 18.2 Å². The van der Waals surface area contributed by atoms with Crippen molar-refractivity contribution in [3.05, 3.63) is 48.8 Å². The summed E-state index contributed by atoms with van der Waals surface area (Å²) in [6.45, 7) is 0. The van der Waals surface area contributed by atoms with Gasteiger partial charge in [0.05, 0.1) is 0 Å². The van der Waals surface area contributed by atoms with Crippen LogP contribution < -0.4 is 0 Å². The lowest BCUT2D eigenvalue weighted by Crippen LogP contribution is -1.91. The van der Waals surface area contributed by atoms with E-state index in [2.05, 4.69) is 15.2 Å². The van der Waals surface area contributed by atoms with Crippen LogP contribution in [0.15, 0.2) is 48.8 Å². The van der Waals surface area contributed by atoms with Crippen LogP contribution in [0, 0.1) is 0 Å². The van der Waals surface area contributed by atoms with E-state index in [1.165, 1.54) is 0 Å².